The Hall–Kier alpha value is -2.66. The summed E-state index contributed by atoms with van der Waals surface area (Å²) in [6, 6.07) is 14.4. The Morgan fingerprint density at radius 1 is 0.938 bits per heavy atom. The molecule has 0 saturated carbocycles. The molecule has 11 heteroatoms. The molecule has 9 nitrogen and oxygen atoms in total. The van der Waals surface area contributed by atoms with Gasteiger partial charge < -0.3 is 14.9 Å². The zero-order valence-corrected chi connectivity index (χ0v) is 19.1. The third kappa shape index (κ3) is 7.49. The first-order chi connectivity index (χ1) is 15.1. The highest BCUT2D eigenvalue weighted by Gasteiger charge is 2.28. The largest absolute Gasteiger partial charge is 0.494 e. The van der Waals surface area contributed by atoms with Crippen molar-refractivity contribution in [2.24, 2.45) is 0 Å². The summed E-state index contributed by atoms with van der Waals surface area (Å²) in [7, 11) is -3.46. The highest BCUT2D eigenvalue weighted by molar-refractivity contribution is 7.89. The van der Waals surface area contributed by atoms with Crippen LogP contribution in [0.1, 0.15) is 12.5 Å². The lowest BCUT2D eigenvalue weighted by atomic mass is 10.2. The fraction of sp³-hybridized carbons (Fsp3) is 0.333. The van der Waals surface area contributed by atoms with Gasteiger partial charge in [0.1, 0.15) is 5.75 Å². The summed E-state index contributed by atoms with van der Waals surface area (Å²) in [5.74, 6) is -2.78. The number of hydrogen-bond donors (Lipinski definition) is 2. The number of hydrogen-bond acceptors (Lipinski definition) is 6. The Labute approximate surface area is 191 Å². The van der Waals surface area contributed by atoms with Crippen molar-refractivity contribution in [3.8, 4) is 5.75 Å². The summed E-state index contributed by atoms with van der Waals surface area (Å²) < 4.78 is 32.4. The summed E-state index contributed by atoms with van der Waals surface area (Å²) in [6.07, 6.45) is 0. The molecule has 0 unspecified atom stereocenters. The lowest BCUT2D eigenvalue weighted by molar-refractivity contribution is -0.159. The molecule has 3 rings (SSSR count). The maximum absolute atomic E-state index is 12.7. The maximum atomic E-state index is 12.7. The maximum Gasteiger partial charge on any atom is 0.414 e. The molecule has 0 spiro atoms. The first kappa shape index (κ1) is 25.6. The lowest BCUT2D eigenvalue weighted by Crippen LogP contribution is -2.48. The predicted molar refractivity (Wildman–Crippen MR) is 118 cm³/mol. The number of carbonyl (C=O) groups is 2. The zero-order valence-electron chi connectivity index (χ0n) is 17.5. The van der Waals surface area contributed by atoms with E-state index in [1.54, 1.807) is 28.6 Å². The second kappa shape index (κ2) is 11.8. The van der Waals surface area contributed by atoms with Crippen molar-refractivity contribution in [1.82, 2.24) is 9.21 Å². The van der Waals surface area contributed by atoms with Gasteiger partial charge in [0.25, 0.3) is 0 Å². The number of aliphatic carboxylic acids is 2. The molecule has 1 fully saturated rings. The molecular formula is C21H25ClN2O7S. The normalized spacial score (nSPS) is 14.8. The van der Waals surface area contributed by atoms with Crippen LogP contribution >= 0.6 is 11.6 Å². The van der Waals surface area contributed by atoms with Crippen molar-refractivity contribution < 1.29 is 33.0 Å². The van der Waals surface area contributed by atoms with E-state index in [2.05, 4.69) is 17.0 Å². The first-order valence-corrected chi connectivity index (χ1v) is 11.6. The Morgan fingerprint density at radius 3 is 1.94 bits per heavy atom. The van der Waals surface area contributed by atoms with Gasteiger partial charge in [0.2, 0.25) is 10.0 Å². The van der Waals surface area contributed by atoms with Gasteiger partial charge in [-0.25, -0.2) is 18.0 Å². The minimum absolute atomic E-state index is 0.293. The van der Waals surface area contributed by atoms with Gasteiger partial charge in [0, 0.05) is 37.7 Å². The average molecular weight is 485 g/mol. The molecule has 0 aliphatic carbocycles. The number of sulfonamides is 1. The molecule has 0 amide bonds. The van der Waals surface area contributed by atoms with E-state index in [9.17, 15) is 8.42 Å². The first-order valence-electron chi connectivity index (χ1n) is 9.79. The van der Waals surface area contributed by atoms with Crippen molar-refractivity contribution in [3.63, 3.8) is 0 Å². The highest BCUT2D eigenvalue weighted by Crippen LogP contribution is 2.21. The van der Waals surface area contributed by atoms with Gasteiger partial charge in [-0.15, -0.1) is 0 Å². The number of carboxylic acids is 2. The molecule has 1 aliphatic rings. The number of piperazine rings is 1. The van der Waals surface area contributed by atoms with Crippen LogP contribution in [0.15, 0.2) is 53.4 Å². The van der Waals surface area contributed by atoms with Crippen molar-refractivity contribution in [3.05, 3.63) is 59.1 Å². The topological polar surface area (TPSA) is 124 Å². The smallest absolute Gasteiger partial charge is 0.414 e. The number of rotatable bonds is 6. The van der Waals surface area contributed by atoms with E-state index >= 15 is 0 Å². The molecule has 1 aliphatic heterocycles. The molecule has 0 aromatic heterocycles. The number of benzene rings is 2. The average Bonchev–Trinajstić information content (AvgIpc) is 2.76. The molecule has 0 bridgehead atoms. The molecular weight excluding hydrogens is 460 g/mol. The standard InChI is InChI=1S/C19H23ClN2O3S.C2H2O4/c1-2-25-18-7-3-16(4-8-18)15-21-11-13-22(14-12-21)26(23,24)19-9-5-17(20)6-10-19;3-1(4)2(5)6/h3-10H,2,11-15H2,1H3;(H,3,4)(H,5,6). The van der Waals surface area contributed by atoms with Crippen LogP contribution < -0.4 is 4.74 Å². The monoisotopic (exact) mass is 484 g/mol. The summed E-state index contributed by atoms with van der Waals surface area (Å²) in [5, 5.41) is 15.3. The van der Waals surface area contributed by atoms with Crippen LogP contribution in [0, 0.1) is 0 Å². The molecule has 2 N–H and O–H groups in total. The number of nitrogens with zero attached hydrogens (tertiary/aromatic N) is 2. The van der Waals surface area contributed by atoms with Crippen LogP contribution in [0.4, 0.5) is 0 Å². The molecule has 0 radical (unpaired) electrons. The van der Waals surface area contributed by atoms with Crippen LogP contribution in [0.3, 0.4) is 0 Å². The SMILES string of the molecule is CCOc1ccc(CN2CCN(S(=O)(=O)c3ccc(Cl)cc3)CC2)cc1.O=C(O)C(=O)O. The lowest BCUT2D eigenvalue weighted by Gasteiger charge is -2.34. The van der Waals surface area contributed by atoms with E-state index < -0.39 is 22.0 Å². The minimum atomic E-state index is -3.46. The quantitative estimate of drug-likeness (QED) is 0.599. The van der Waals surface area contributed by atoms with Crippen molar-refractivity contribution >= 4 is 33.6 Å². The number of ether oxygens (including phenoxy) is 1. The summed E-state index contributed by atoms with van der Waals surface area (Å²) >= 11 is 5.85. The Morgan fingerprint density at radius 2 is 1.47 bits per heavy atom. The van der Waals surface area contributed by atoms with E-state index in [0.717, 1.165) is 12.3 Å². The van der Waals surface area contributed by atoms with Crippen LogP contribution in [-0.4, -0.2) is 72.6 Å². The highest BCUT2D eigenvalue weighted by atomic mass is 35.5. The van der Waals surface area contributed by atoms with Crippen LogP contribution in [0.5, 0.6) is 5.75 Å². The predicted octanol–water partition coefficient (Wildman–Crippen LogP) is 2.40. The molecule has 1 heterocycles. The van der Waals surface area contributed by atoms with Crippen LogP contribution in [0.25, 0.3) is 0 Å². The molecule has 1 saturated heterocycles. The summed E-state index contributed by atoms with van der Waals surface area (Å²) in [4.78, 5) is 20.8. The van der Waals surface area contributed by atoms with E-state index in [1.807, 2.05) is 19.1 Å². The van der Waals surface area contributed by atoms with Crippen molar-refractivity contribution in [1.29, 1.82) is 0 Å². The van der Waals surface area contributed by atoms with Gasteiger partial charge in [0.15, 0.2) is 0 Å². The van der Waals surface area contributed by atoms with Crippen molar-refractivity contribution in [2.75, 3.05) is 32.8 Å². The van der Waals surface area contributed by atoms with E-state index in [0.29, 0.717) is 42.7 Å². The zero-order chi connectivity index (χ0) is 23.7. The minimum Gasteiger partial charge on any atom is -0.494 e. The van der Waals surface area contributed by atoms with Gasteiger partial charge >= 0.3 is 11.9 Å². The molecule has 2 aromatic carbocycles. The second-order valence-corrected chi connectivity index (χ2v) is 9.20. The fourth-order valence-corrected chi connectivity index (χ4v) is 4.55. The second-order valence-electron chi connectivity index (χ2n) is 6.82. The van der Waals surface area contributed by atoms with E-state index in [4.69, 9.17) is 36.1 Å². The Balaban J connectivity index is 0.000000534. The summed E-state index contributed by atoms with van der Waals surface area (Å²) in [6.45, 7) is 5.82. The number of carboxylic acid groups (broad SMARTS) is 2. The van der Waals surface area contributed by atoms with Gasteiger partial charge in [-0.3, -0.25) is 4.90 Å². The molecule has 2 aromatic rings. The third-order valence-electron chi connectivity index (χ3n) is 4.61. The van der Waals surface area contributed by atoms with Crippen molar-refractivity contribution in [2.45, 2.75) is 18.4 Å². The summed E-state index contributed by atoms with van der Waals surface area (Å²) in [5.41, 5.74) is 1.20. The third-order valence-corrected chi connectivity index (χ3v) is 6.77. The van der Waals surface area contributed by atoms with Gasteiger partial charge in [-0.05, 0) is 48.9 Å². The van der Waals surface area contributed by atoms with Gasteiger partial charge in [-0.1, -0.05) is 23.7 Å². The van der Waals surface area contributed by atoms with Crippen LogP contribution in [-0.2, 0) is 26.2 Å². The Kier molecular flexibility index (Phi) is 9.45. The van der Waals surface area contributed by atoms with E-state index in [1.165, 1.54) is 5.56 Å². The molecule has 174 valence electrons. The van der Waals surface area contributed by atoms with E-state index in [-0.39, 0.29) is 0 Å². The Bertz CT molecular complexity index is 991. The fourth-order valence-electron chi connectivity index (χ4n) is 3.00. The number of halogens is 1. The van der Waals surface area contributed by atoms with Gasteiger partial charge in [0.05, 0.1) is 11.5 Å². The molecule has 32 heavy (non-hydrogen) atoms. The van der Waals surface area contributed by atoms with Gasteiger partial charge in [-0.2, -0.15) is 4.31 Å². The molecule has 0 atom stereocenters. The van der Waals surface area contributed by atoms with Crippen LogP contribution in [0.2, 0.25) is 5.02 Å².